The minimum atomic E-state index is -4.44. The maximum absolute atomic E-state index is 10.5. The van der Waals surface area contributed by atoms with Gasteiger partial charge in [-0.05, 0) is 0 Å². The van der Waals surface area contributed by atoms with Gasteiger partial charge in [0.25, 0.3) is 0 Å². The minimum Gasteiger partial charge on any atom is -0.480 e. The average Bonchev–Trinajstić information content (AvgIpc) is 2.45. The van der Waals surface area contributed by atoms with Crippen molar-refractivity contribution in [3.05, 3.63) is 0 Å². The predicted octanol–water partition coefficient (Wildman–Crippen LogP) is -3.39. The number of nitrogens with zero attached hydrogens (tertiary/aromatic N) is 1. The molecule has 0 aromatic heterocycles. The van der Waals surface area contributed by atoms with Crippen LogP contribution in [-0.2, 0) is 28.3 Å². The van der Waals surface area contributed by atoms with Gasteiger partial charge in [-0.25, -0.2) is 5.11 Å². The van der Waals surface area contributed by atoms with Crippen molar-refractivity contribution in [1.29, 1.82) is 0 Å². The Hall–Kier alpha value is -2.03. The number of aliphatic hydroxyl groups excluding tert-OH is 2. The fourth-order valence-corrected chi connectivity index (χ4v) is 2.23. The van der Waals surface area contributed by atoms with E-state index in [-0.39, 0.29) is 0 Å². The van der Waals surface area contributed by atoms with Gasteiger partial charge >= 0.3 is 39.6 Å². The summed E-state index contributed by atoms with van der Waals surface area (Å²) >= 11 is 0. The zero-order valence-corrected chi connectivity index (χ0v) is 16.6. The summed E-state index contributed by atoms with van der Waals surface area (Å²) < 4.78 is 20.5. The highest BCUT2D eigenvalue weighted by Gasteiger charge is 2.22. The van der Waals surface area contributed by atoms with Crippen LogP contribution in [-0.4, -0.2) is 114 Å². The molecule has 19 heteroatoms. The largest absolute Gasteiger partial charge is 0.794 e. The van der Waals surface area contributed by atoms with Gasteiger partial charge in [0, 0.05) is 7.11 Å². The molecule has 0 atom stereocenters. The molecule has 0 aliphatic carbocycles. The van der Waals surface area contributed by atoms with Crippen LogP contribution in [0.15, 0.2) is 0 Å². The van der Waals surface area contributed by atoms with Gasteiger partial charge in [-0.15, -0.1) is 0 Å². The molecule has 0 saturated carbocycles. The second-order valence-electron chi connectivity index (χ2n) is 4.32. The number of carboxylic acid groups (broad SMARTS) is 3. The van der Waals surface area contributed by atoms with Crippen molar-refractivity contribution in [3.8, 4) is 0 Å². The fraction of sp³-hybridized carbons (Fsp3) is 0.600. The van der Waals surface area contributed by atoms with Crippen molar-refractivity contribution in [2.45, 2.75) is 0 Å². The van der Waals surface area contributed by atoms with Crippen molar-refractivity contribution < 1.29 is 73.4 Å². The summed E-state index contributed by atoms with van der Waals surface area (Å²) in [4.78, 5) is 72.4. The Morgan fingerprint density at radius 3 is 1.41 bits per heavy atom. The Labute approximate surface area is 163 Å². The zero-order valence-electron chi connectivity index (χ0n) is 14.9. The van der Waals surface area contributed by atoms with Gasteiger partial charge in [0.1, 0.15) is 6.29 Å². The topological polar surface area (TPSA) is 300 Å². The Bertz CT molecular complexity index is 555. The first-order chi connectivity index (χ1) is 13.0. The normalized spacial score (nSPS) is 10.0. The van der Waals surface area contributed by atoms with Crippen LogP contribution in [0.25, 0.3) is 0 Å². The van der Waals surface area contributed by atoms with Crippen LogP contribution in [0.3, 0.4) is 0 Å². The third-order valence-electron chi connectivity index (χ3n) is 1.70. The number of carboxylic acids is 3. The molecule has 0 heterocycles. The second kappa shape index (κ2) is 19.3. The van der Waals surface area contributed by atoms with Gasteiger partial charge in [0.15, 0.2) is 0 Å². The van der Waals surface area contributed by atoms with Gasteiger partial charge in [0.2, 0.25) is 0 Å². The summed E-state index contributed by atoms with van der Waals surface area (Å²) in [5, 5.41) is 40.4. The zero-order chi connectivity index (χ0) is 24.3. The predicted molar refractivity (Wildman–Crippen MR) is 92.8 cm³/mol. The lowest BCUT2D eigenvalue weighted by atomic mass is 10.5. The van der Waals surface area contributed by atoms with E-state index in [2.05, 4.69) is 5.32 Å². The van der Waals surface area contributed by atoms with E-state index < -0.39 is 65.3 Å². The highest BCUT2D eigenvalue weighted by Crippen LogP contribution is 2.34. The van der Waals surface area contributed by atoms with E-state index in [0.29, 0.717) is 11.4 Å². The Kier molecular flexibility index (Phi) is 22.9. The van der Waals surface area contributed by atoms with E-state index in [1.165, 1.54) is 0 Å². The third kappa shape index (κ3) is 46.2. The van der Waals surface area contributed by atoms with Crippen molar-refractivity contribution in [2.75, 3.05) is 39.3 Å². The van der Waals surface area contributed by atoms with Gasteiger partial charge in [0.05, 0.1) is 30.7 Å². The minimum absolute atomic E-state index is 0.439. The molecular formula is C10H23N2O15P2+. The molecule has 0 aliphatic heterocycles. The van der Waals surface area contributed by atoms with Crippen molar-refractivity contribution in [3.63, 3.8) is 0 Å². The van der Waals surface area contributed by atoms with Gasteiger partial charge in [-0.2, -0.15) is 0 Å². The highest BCUT2D eigenvalue weighted by atomic mass is 31.2. The van der Waals surface area contributed by atoms with E-state index in [4.69, 9.17) is 49.9 Å². The summed E-state index contributed by atoms with van der Waals surface area (Å²) in [5.41, 5.74) is 0. The summed E-state index contributed by atoms with van der Waals surface area (Å²) in [5.74, 6) is -3.84. The molecule has 172 valence electrons. The summed E-state index contributed by atoms with van der Waals surface area (Å²) in [7, 11) is -7.53. The quantitative estimate of drug-likeness (QED) is 0.109. The first kappa shape index (κ1) is 34.5. The van der Waals surface area contributed by atoms with Crippen LogP contribution in [0.5, 0.6) is 0 Å². The summed E-state index contributed by atoms with van der Waals surface area (Å²) in [6.45, 7) is -1.39. The smallest absolute Gasteiger partial charge is 0.480 e. The fourth-order valence-electron chi connectivity index (χ4n) is 1.11. The molecule has 0 unspecified atom stereocenters. The van der Waals surface area contributed by atoms with Crippen LogP contribution in [0, 0.1) is 0 Å². The first-order valence-electron chi connectivity index (χ1n) is 6.67. The number of aliphatic carboxylic acids is 3. The highest BCUT2D eigenvalue weighted by molar-refractivity contribution is 7.51. The molecule has 0 fully saturated rings. The SMILES string of the molecule is CO.O=C(O)CN(CC(=O)O)CP(=O)(O)O.O=C(O)CNCP(=O)(O)O.O=[C+]O. The molecule has 17 nitrogen and oxygen atoms in total. The van der Waals surface area contributed by atoms with E-state index >= 15 is 0 Å². The number of hydrogen-bond donors (Lipinski definition) is 10. The number of aliphatic hydroxyl groups is 1. The summed E-state index contributed by atoms with van der Waals surface area (Å²) in [6.07, 6.45) is -1.48. The van der Waals surface area contributed by atoms with Crippen molar-refractivity contribution in [1.82, 2.24) is 10.2 Å². The summed E-state index contributed by atoms with van der Waals surface area (Å²) in [6, 6.07) is 0. The molecule has 0 saturated heterocycles. The maximum atomic E-state index is 10.5. The monoisotopic (exact) mass is 473 g/mol. The van der Waals surface area contributed by atoms with Crippen LogP contribution >= 0.6 is 15.2 Å². The molecule has 0 spiro atoms. The number of nitrogens with one attached hydrogen (secondary N) is 1. The van der Waals surface area contributed by atoms with E-state index in [9.17, 15) is 23.5 Å². The lowest BCUT2D eigenvalue weighted by Crippen LogP contribution is -2.35. The molecule has 0 bridgehead atoms. The Balaban J connectivity index is -0.000000182. The van der Waals surface area contributed by atoms with E-state index in [1.807, 2.05) is 0 Å². The van der Waals surface area contributed by atoms with E-state index in [0.717, 1.165) is 7.11 Å². The second-order valence-corrected chi connectivity index (χ2v) is 7.57. The van der Waals surface area contributed by atoms with Gasteiger partial charge in [-0.1, -0.05) is 0 Å². The van der Waals surface area contributed by atoms with Crippen LogP contribution in [0.1, 0.15) is 0 Å². The molecular weight excluding hydrogens is 450 g/mol. The third-order valence-corrected chi connectivity index (χ3v) is 3.10. The van der Waals surface area contributed by atoms with E-state index in [1.54, 1.807) is 0 Å². The average molecular weight is 473 g/mol. The van der Waals surface area contributed by atoms with Crippen molar-refractivity contribution in [2.24, 2.45) is 0 Å². The van der Waals surface area contributed by atoms with Gasteiger partial charge < -0.3 is 40.0 Å². The molecule has 0 aromatic carbocycles. The van der Waals surface area contributed by atoms with Crippen LogP contribution in [0.4, 0.5) is 0 Å². The Morgan fingerprint density at radius 1 is 0.862 bits per heavy atom. The molecule has 0 amide bonds. The maximum Gasteiger partial charge on any atom is 0.794 e. The number of hydrogen-bond acceptors (Lipinski definition) is 9. The lowest BCUT2D eigenvalue weighted by molar-refractivity contribution is -0.141. The van der Waals surface area contributed by atoms with Gasteiger partial charge in [-0.3, -0.25) is 33.7 Å². The molecule has 10 N–H and O–H groups in total. The van der Waals surface area contributed by atoms with Crippen LogP contribution < -0.4 is 5.32 Å². The Morgan fingerprint density at radius 2 is 1.21 bits per heavy atom. The first-order valence-corrected chi connectivity index (χ1v) is 10.3. The molecule has 0 rings (SSSR count). The number of carbonyl (C=O) groups is 3. The molecule has 0 aromatic rings. The number of rotatable bonds is 10. The van der Waals surface area contributed by atoms with Crippen LogP contribution in [0.2, 0.25) is 0 Å². The molecule has 29 heavy (non-hydrogen) atoms. The molecule has 0 aliphatic rings. The molecule has 0 radical (unpaired) electrons. The lowest BCUT2D eigenvalue weighted by Gasteiger charge is -2.17. The van der Waals surface area contributed by atoms with Crippen molar-refractivity contribution >= 4 is 39.6 Å². The standard InChI is InChI=1S/C5H10NO7P.C3H8NO5P.CHO2.CH4O/c7-4(8)1-6(2-5(9)10)3-14(11,12)13;5-3(6)1-4-2-10(7,8)9;2-1-3;1-2/h1-3H2,(H,7,8)(H,9,10)(H2,11,12,13);4H,1-2H2,(H,5,6)(H2,7,8,9);(H,2,3);2H,1H3/q;;+1;.